The number of para-hydroxylation sites is 1. The minimum absolute atomic E-state index is 0.0867. The van der Waals surface area contributed by atoms with E-state index in [2.05, 4.69) is 11.4 Å². The molecule has 0 aromatic heterocycles. The molecule has 0 fully saturated rings. The zero-order valence-electron chi connectivity index (χ0n) is 15.9. The van der Waals surface area contributed by atoms with Crippen molar-refractivity contribution in [1.82, 2.24) is 5.32 Å². The molecular formula is C21H26N2O3S. The van der Waals surface area contributed by atoms with Crippen molar-refractivity contribution in [3.8, 4) is 0 Å². The molecule has 0 radical (unpaired) electrons. The zero-order valence-corrected chi connectivity index (χ0v) is 16.7. The fraction of sp³-hybridized carbons (Fsp3) is 0.381. The number of hydrogen-bond acceptors (Lipinski definition) is 3. The molecule has 2 aromatic carbocycles. The van der Waals surface area contributed by atoms with Crippen LogP contribution in [0.2, 0.25) is 0 Å². The van der Waals surface area contributed by atoms with E-state index in [0.29, 0.717) is 19.4 Å². The molecule has 1 aliphatic rings. The maximum Gasteiger partial charge on any atom is 0.236 e. The van der Waals surface area contributed by atoms with Gasteiger partial charge in [0, 0.05) is 19.5 Å². The van der Waals surface area contributed by atoms with E-state index >= 15 is 0 Å². The van der Waals surface area contributed by atoms with Crippen LogP contribution in [0.4, 0.5) is 5.69 Å². The predicted octanol–water partition coefficient (Wildman–Crippen LogP) is 2.74. The van der Waals surface area contributed by atoms with E-state index in [0.717, 1.165) is 23.2 Å². The van der Waals surface area contributed by atoms with Crippen LogP contribution in [0.5, 0.6) is 0 Å². The summed E-state index contributed by atoms with van der Waals surface area (Å²) < 4.78 is 26.7. The van der Waals surface area contributed by atoms with Crippen LogP contribution < -0.4 is 9.62 Å². The van der Waals surface area contributed by atoms with Crippen molar-refractivity contribution in [2.75, 3.05) is 23.1 Å². The first-order valence-corrected chi connectivity index (χ1v) is 10.9. The number of hydrogen-bond donors (Lipinski definition) is 1. The summed E-state index contributed by atoms with van der Waals surface area (Å²) in [6.45, 7) is 4.69. The summed E-state index contributed by atoms with van der Waals surface area (Å²) in [5.41, 5.74) is 5.35. The molecule has 0 atom stereocenters. The molecule has 6 heteroatoms. The van der Waals surface area contributed by atoms with Gasteiger partial charge in [0.25, 0.3) is 0 Å². The maximum absolute atomic E-state index is 12.6. The summed E-state index contributed by atoms with van der Waals surface area (Å²) in [7, 11) is -3.43. The van der Waals surface area contributed by atoms with Crippen molar-refractivity contribution >= 4 is 21.6 Å². The first kappa shape index (κ1) is 19.4. The van der Waals surface area contributed by atoms with E-state index in [9.17, 15) is 13.2 Å². The number of nitrogens with one attached hydrogen (secondary N) is 1. The van der Waals surface area contributed by atoms with Gasteiger partial charge in [0.2, 0.25) is 15.9 Å². The summed E-state index contributed by atoms with van der Waals surface area (Å²) in [6.07, 6.45) is 1.75. The van der Waals surface area contributed by atoms with E-state index in [-0.39, 0.29) is 18.2 Å². The van der Waals surface area contributed by atoms with Gasteiger partial charge < -0.3 is 5.32 Å². The molecule has 1 N–H and O–H groups in total. The van der Waals surface area contributed by atoms with Crippen LogP contribution >= 0.6 is 0 Å². The Morgan fingerprint density at radius 3 is 2.70 bits per heavy atom. The topological polar surface area (TPSA) is 66.5 Å². The van der Waals surface area contributed by atoms with Gasteiger partial charge in [-0.1, -0.05) is 42.0 Å². The minimum Gasteiger partial charge on any atom is -0.355 e. The highest BCUT2D eigenvalue weighted by atomic mass is 32.2. The number of nitrogens with zero attached hydrogens (tertiary/aromatic N) is 1. The molecule has 144 valence electrons. The molecule has 0 saturated carbocycles. The zero-order chi connectivity index (χ0) is 19.4. The lowest BCUT2D eigenvalue weighted by Crippen LogP contribution is -2.37. The largest absolute Gasteiger partial charge is 0.355 e. The standard InChI is InChI=1S/C21H26N2O3S/c1-16-7-8-18(17(2)15-16)9-10-21(24)22-12-14-27(25,26)23-13-11-19-5-3-4-6-20(19)23/h3-8,15H,9-14H2,1-2H3,(H,22,24). The normalized spacial score (nSPS) is 13.5. The molecule has 3 rings (SSSR count). The molecule has 1 aliphatic heterocycles. The van der Waals surface area contributed by atoms with Gasteiger partial charge >= 0.3 is 0 Å². The van der Waals surface area contributed by atoms with Crippen molar-refractivity contribution < 1.29 is 13.2 Å². The second kappa shape index (κ2) is 8.13. The van der Waals surface area contributed by atoms with Crippen molar-refractivity contribution in [3.05, 3.63) is 64.7 Å². The molecule has 2 aromatic rings. The van der Waals surface area contributed by atoms with Crippen LogP contribution in [-0.2, 0) is 27.7 Å². The number of fused-ring (bicyclic) bond motifs is 1. The van der Waals surface area contributed by atoms with Gasteiger partial charge in [0.05, 0.1) is 11.4 Å². The second-order valence-electron chi connectivity index (χ2n) is 7.05. The van der Waals surface area contributed by atoms with Crippen LogP contribution in [0, 0.1) is 13.8 Å². The van der Waals surface area contributed by atoms with Crippen molar-refractivity contribution in [3.63, 3.8) is 0 Å². The molecule has 0 bridgehead atoms. The third kappa shape index (κ3) is 4.69. The van der Waals surface area contributed by atoms with E-state index < -0.39 is 10.0 Å². The van der Waals surface area contributed by atoms with Gasteiger partial charge in [-0.25, -0.2) is 8.42 Å². The number of carbonyl (C=O) groups is 1. The minimum atomic E-state index is -3.43. The number of anilines is 1. The van der Waals surface area contributed by atoms with E-state index in [1.807, 2.05) is 50.2 Å². The first-order valence-electron chi connectivity index (χ1n) is 9.28. The molecular weight excluding hydrogens is 360 g/mol. The van der Waals surface area contributed by atoms with E-state index in [4.69, 9.17) is 0 Å². The smallest absolute Gasteiger partial charge is 0.236 e. The lowest BCUT2D eigenvalue weighted by molar-refractivity contribution is -0.120. The van der Waals surface area contributed by atoms with Gasteiger partial charge in [-0.15, -0.1) is 0 Å². The lowest BCUT2D eigenvalue weighted by atomic mass is 10.0. The third-order valence-electron chi connectivity index (χ3n) is 4.98. The van der Waals surface area contributed by atoms with Gasteiger partial charge in [-0.05, 0) is 49.4 Å². The van der Waals surface area contributed by atoms with Crippen molar-refractivity contribution in [2.45, 2.75) is 33.1 Å². The molecule has 1 amide bonds. The Bertz CT molecular complexity index is 938. The fourth-order valence-corrected chi connectivity index (χ4v) is 4.92. The van der Waals surface area contributed by atoms with Crippen molar-refractivity contribution in [2.24, 2.45) is 0 Å². The lowest BCUT2D eigenvalue weighted by Gasteiger charge is -2.19. The number of sulfonamides is 1. The Morgan fingerprint density at radius 1 is 1.15 bits per heavy atom. The number of benzene rings is 2. The average molecular weight is 387 g/mol. The number of carbonyl (C=O) groups excluding carboxylic acids is 1. The number of amides is 1. The molecule has 27 heavy (non-hydrogen) atoms. The van der Waals surface area contributed by atoms with Crippen molar-refractivity contribution in [1.29, 1.82) is 0 Å². The van der Waals surface area contributed by atoms with Crippen LogP contribution in [0.3, 0.4) is 0 Å². The quantitative estimate of drug-likeness (QED) is 0.796. The Labute approximate surface area is 161 Å². The Hall–Kier alpha value is -2.34. The summed E-state index contributed by atoms with van der Waals surface area (Å²) in [6, 6.07) is 13.8. The first-order chi connectivity index (χ1) is 12.9. The Morgan fingerprint density at radius 2 is 1.93 bits per heavy atom. The third-order valence-corrected chi connectivity index (χ3v) is 6.75. The Kier molecular flexibility index (Phi) is 5.85. The SMILES string of the molecule is Cc1ccc(CCC(=O)NCCS(=O)(=O)N2CCc3ccccc32)c(C)c1. The molecule has 0 unspecified atom stereocenters. The molecule has 0 saturated heterocycles. The summed E-state index contributed by atoms with van der Waals surface area (Å²) >= 11 is 0. The highest BCUT2D eigenvalue weighted by Crippen LogP contribution is 2.29. The molecule has 0 spiro atoms. The van der Waals surface area contributed by atoms with Gasteiger partial charge in [0.1, 0.15) is 0 Å². The van der Waals surface area contributed by atoms with E-state index in [1.165, 1.54) is 15.4 Å². The van der Waals surface area contributed by atoms with Crippen LogP contribution in [0.1, 0.15) is 28.7 Å². The van der Waals surface area contributed by atoms with Gasteiger partial charge in [0.15, 0.2) is 0 Å². The molecule has 5 nitrogen and oxygen atoms in total. The Balaban J connectivity index is 1.48. The summed E-state index contributed by atoms with van der Waals surface area (Å²) in [4.78, 5) is 12.1. The number of aryl methyl sites for hydroxylation is 3. The highest BCUT2D eigenvalue weighted by molar-refractivity contribution is 7.92. The van der Waals surface area contributed by atoms with Gasteiger partial charge in [-0.3, -0.25) is 9.10 Å². The predicted molar refractivity (Wildman–Crippen MR) is 109 cm³/mol. The summed E-state index contributed by atoms with van der Waals surface area (Å²) in [5.74, 6) is -0.205. The van der Waals surface area contributed by atoms with Crippen LogP contribution in [-0.4, -0.2) is 33.2 Å². The molecule has 1 heterocycles. The molecule has 0 aliphatic carbocycles. The maximum atomic E-state index is 12.6. The number of rotatable bonds is 7. The van der Waals surface area contributed by atoms with Gasteiger partial charge in [-0.2, -0.15) is 0 Å². The monoisotopic (exact) mass is 386 g/mol. The van der Waals surface area contributed by atoms with Crippen LogP contribution in [0.25, 0.3) is 0 Å². The summed E-state index contributed by atoms with van der Waals surface area (Å²) in [5, 5.41) is 2.74. The second-order valence-corrected chi connectivity index (χ2v) is 9.06. The average Bonchev–Trinajstić information content (AvgIpc) is 3.06. The van der Waals surface area contributed by atoms with E-state index in [1.54, 1.807) is 0 Å². The highest BCUT2D eigenvalue weighted by Gasteiger charge is 2.28. The van der Waals surface area contributed by atoms with Crippen LogP contribution in [0.15, 0.2) is 42.5 Å². The fourth-order valence-electron chi connectivity index (χ4n) is 3.49.